The largest absolute Gasteiger partial charge is 0.355 e. The molecular formula is C12H17NO2. The van der Waals surface area contributed by atoms with Gasteiger partial charge in [-0.15, -0.1) is 0 Å². The average molecular weight is 207 g/mol. The van der Waals surface area contributed by atoms with Crippen LogP contribution >= 0.6 is 0 Å². The zero-order valence-corrected chi connectivity index (χ0v) is 8.98. The summed E-state index contributed by atoms with van der Waals surface area (Å²) < 4.78 is 10.6. The van der Waals surface area contributed by atoms with Gasteiger partial charge in [-0.25, -0.2) is 0 Å². The molecule has 1 heterocycles. The molecule has 1 aromatic rings. The normalized spacial score (nSPS) is 20.1. The molecule has 1 aromatic carbocycles. The summed E-state index contributed by atoms with van der Waals surface area (Å²) in [4.78, 5) is 0. The van der Waals surface area contributed by atoms with Crippen LogP contribution in [0.1, 0.15) is 11.6 Å². The molecule has 0 saturated carbocycles. The molecule has 0 bridgehead atoms. The monoisotopic (exact) mass is 207 g/mol. The predicted molar refractivity (Wildman–Crippen MR) is 58.5 cm³/mol. The molecule has 1 N–H and O–H groups in total. The molecule has 1 atom stereocenters. The van der Waals surface area contributed by atoms with Crippen molar-refractivity contribution in [1.29, 1.82) is 0 Å². The van der Waals surface area contributed by atoms with Crippen molar-refractivity contribution in [3.8, 4) is 0 Å². The maximum Gasteiger partial charge on any atom is 0.146 e. The van der Waals surface area contributed by atoms with Crippen molar-refractivity contribution in [2.45, 2.75) is 6.04 Å². The summed E-state index contributed by atoms with van der Waals surface area (Å²) in [6, 6.07) is 10.7. The Bertz CT molecular complexity index is 283. The topological polar surface area (TPSA) is 30.5 Å². The highest BCUT2D eigenvalue weighted by Gasteiger charge is 2.24. The van der Waals surface area contributed by atoms with E-state index in [1.54, 1.807) is 0 Å². The van der Waals surface area contributed by atoms with E-state index in [4.69, 9.17) is 9.47 Å². The van der Waals surface area contributed by atoms with Gasteiger partial charge in [0.2, 0.25) is 0 Å². The van der Waals surface area contributed by atoms with E-state index >= 15 is 0 Å². The van der Waals surface area contributed by atoms with Gasteiger partial charge in [-0.3, -0.25) is 0 Å². The van der Waals surface area contributed by atoms with Crippen molar-refractivity contribution in [3.63, 3.8) is 0 Å². The number of nitrogens with one attached hydrogen (secondary N) is 1. The minimum atomic E-state index is 0.312. The molecular weight excluding hydrogens is 190 g/mol. The molecule has 0 spiro atoms. The van der Waals surface area contributed by atoms with Crippen molar-refractivity contribution in [2.24, 2.45) is 5.92 Å². The summed E-state index contributed by atoms with van der Waals surface area (Å²) in [5.74, 6) is 0.395. The summed E-state index contributed by atoms with van der Waals surface area (Å²) in [6.07, 6.45) is 0. The van der Waals surface area contributed by atoms with E-state index < -0.39 is 0 Å². The average Bonchev–Trinajstić information content (AvgIpc) is 2.33. The number of benzene rings is 1. The molecule has 3 nitrogen and oxygen atoms in total. The van der Waals surface area contributed by atoms with E-state index in [0.29, 0.717) is 18.8 Å². The van der Waals surface area contributed by atoms with Gasteiger partial charge in [0.15, 0.2) is 0 Å². The zero-order valence-electron chi connectivity index (χ0n) is 8.98. The van der Waals surface area contributed by atoms with E-state index in [9.17, 15) is 0 Å². The Labute approximate surface area is 90.4 Å². The summed E-state index contributed by atoms with van der Waals surface area (Å²) in [5.41, 5.74) is 1.29. The molecule has 1 unspecified atom stereocenters. The summed E-state index contributed by atoms with van der Waals surface area (Å²) in [6.45, 7) is 1.96. The lowest BCUT2D eigenvalue weighted by Gasteiger charge is -2.30. The van der Waals surface area contributed by atoms with Crippen LogP contribution in [0.25, 0.3) is 0 Å². The van der Waals surface area contributed by atoms with Gasteiger partial charge in [-0.1, -0.05) is 30.3 Å². The van der Waals surface area contributed by atoms with Crippen LogP contribution in [0.4, 0.5) is 0 Å². The Morgan fingerprint density at radius 2 is 1.87 bits per heavy atom. The first-order valence-corrected chi connectivity index (χ1v) is 5.29. The van der Waals surface area contributed by atoms with E-state index in [1.165, 1.54) is 5.56 Å². The number of ether oxygens (including phenoxy) is 2. The van der Waals surface area contributed by atoms with E-state index in [1.807, 2.05) is 13.1 Å². The number of hydrogen-bond donors (Lipinski definition) is 1. The van der Waals surface area contributed by atoms with Gasteiger partial charge in [0.05, 0.1) is 13.2 Å². The fraction of sp³-hybridized carbons (Fsp3) is 0.500. The van der Waals surface area contributed by atoms with Crippen molar-refractivity contribution in [2.75, 3.05) is 27.1 Å². The van der Waals surface area contributed by atoms with Crippen molar-refractivity contribution >= 4 is 0 Å². The first-order valence-electron chi connectivity index (χ1n) is 5.29. The quantitative estimate of drug-likeness (QED) is 0.816. The predicted octanol–water partition coefficient (Wildman–Crippen LogP) is 1.57. The lowest BCUT2D eigenvalue weighted by Crippen LogP contribution is -2.35. The Morgan fingerprint density at radius 3 is 2.47 bits per heavy atom. The lowest BCUT2D eigenvalue weighted by atomic mass is 9.94. The van der Waals surface area contributed by atoms with Crippen LogP contribution in [0, 0.1) is 5.92 Å². The highest BCUT2D eigenvalue weighted by molar-refractivity contribution is 5.19. The minimum Gasteiger partial charge on any atom is -0.355 e. The van der Waals surface area contributed by atoms with Gasteiger partial charge in [-0.05, 0) is 12.6 Å². The molecule has 0 aromatic heterocycles. The molecule has 3 heteroatoms. The van der Waals surface area contributed by atoms with Crippen LogP contribution < -0.4 is 5.32 Å². The smallest absolute Gasteiger partial charge is 0.146 e. The molecule has 82 valence electrons. The summed E-state index contributed by atoms with van der Waals surface area (Å²) in [7, 11) is 1.98. The SMILES string of the molecule is CNC(c1ccccc1)C1COCOC1. The number of hydrogen-bond acceptors (Lipinski definition) is 3. The third kappa shape index (κ3) is 2.56. The molecule has 1 aliphatic rings. The van der Waals surface area contributed by atoms with Gasteiger partial charge in [0.25, 0.3) is 0 Å². The zero-order chi connectivity index (χ0) is 10.5. The summed E-state index contributed by atoms with van der Waals surface area (Å²) >= 11 is 0. The second kappa shape index (κ2) is 5.26. The first-order chi connectivity index (χ1) is 7.42. The Hall–Kier alpha value is -0.900. The molecule has 1 saturated heterocycles. The Kier molecular flexibility index (Phi) is 3.72. The third-order valence-electron chi connectivity index (χ3n) is 2.77. The van der Waals surface area contributed by atoms with E-state index in [-0.39, 0.29) is 0 Å². The second-order valence-electron chi connectivity index (χ2n) is 3.80. The molecule has 0 aliphatic carbocycles. The lowest BCUT2D eigenvalue weighted by molar-refractivity contribution is -0.132. The van der Waals surface area contributed by atoms with Crippen LogP contribution in [0.15, 0.2) is 30.3 Å². The van der Waals surface area contributed by atoms with Gasteiger partial charge in [-0.2, -0.15) is 0 Å². The first kappa shape index (κ1) is 10.6. The molecule has 1 fully saturated rings. The fourth-order valence-electron chi connectivity index (χ4n) is 2.03. The minimum absolute atomic E-state index is 0.312. The highest BCUT2D eigenvalue weighted by atomic mass is 16.7. The maximum absolute atomic E-state index is 5.32. The van der Waals surface area contributed by atoms with E-state index in [2.05, 4.69) is 29.6 Å². The molecule has 1 aliphatic heterocycles. The maximum atomic E-state index is 5.32. The van der Waals surface area contributed by atoms with Crippen LogP contribution in [0.2, 0.25) is 0 Å². The van der Waals surface area contributed by atoms with Gasteiger partial charge < -0.3 is 14.8 Å². The van der Waals surface area contributed by atoms with Crippen LogP contribution in [0.5, 0.6) is 0 Å². The van der Waals surface area contributed by atoms with Crippen LogP contribution in [-0.2, 0) is 9.47 Å². The van der Waals surface area contributed by atoms with Gasteiger partial charge >= 0.3 is 0 Å². The number of rotatable bonds is 3. The van der Waals surface area contributed by atoms with Crippen molar-refractivity contribution in [3.05, 3.63) is 35.9 Å². The molecule has 2 rings (SSSR count). The fourth-order valence-corrected chi connectivity index (χ4v) is 2.03. The third-order valence-corrected chi connectivity index (χ3v) is 2.77. The molecule has 0 radical (unpaired) electrons. The van der Waals surface area contributed by atoms with Gasteiger partial charge in [0.1, 0.15) is 6.79 Å². The Morgan fingerprint density at radius 1 is 1.20 bits per heavy atom. The van der Waals surface area contributed by atoms with E-state index in [0.717, 1.165) is 13.2 Å². The van der Waals surface area contributed by atoms with Crippen molar-refractivity contribution in [1.82, 2.24) is 5.32 Å². The molecule has 15 heavy (non-hydrogen) atoms. The molecule has 0 amide bonds. The standard InChI is InChI=1S/C12H17NO2/c1-13-12(10-5-3-2-4-6-10)11-7-14-9-15-8-11/h2-6,11-13H,7-9H2,1H3. The van der Waals surface area contributed by atoms with Crippen molar-refractivity contribution < 1.29 is 9.47 Å². The second-order valence-corrected chi connectivity index (χ2v) is 3.80. The summed E-state index contributed by atoms with van der Waals surface area (Å²) in [5, 5.41) is 3.33. The Balaban J connectivity index is 2.09. The van der Waals surface area contributed by atoms with Crippen LogP contribution in [0.3, 0.4) is 0 Å². The highest BCUT2D eigenvalue weighted by Crippen LogP contribution is 2.24. The van der Waals surface area contributed by atoms with Crippen LogP contribution in [-0.4, -0.2) is 27.1 Å². The van der Waals surface area contributed by atoms with Gasteiger partial charge in [0, 0.05) is 12.0 Å².